The SMILES string of the molecule is CC(C)NS(=O)(=O)Cc1ccc(CNC(=O)C2CCCO2)cc1. The number of hydrogen-bond donors (Lipinski definition) is 2. The molecule has 1 aromatic carbocycles. The van der Waals surface area contributed by atoms with Gasteiger partial charge in [0.25, 0.3) is 0 Å². The summed E-state index contributed by atoms with van der Waals surface area (Å²) in [4.78, 5) is 11.9. The predicted molar refractivity (Wildman–Crippen MR) is 88.2 cm³/mol. The van der Waals surface area contributed by atoms with Crippen LogP contribution in [-0.4, -0.2) is 33.1 Å². The topological polar surface area (TPSA) is 84.5 Å². The van der Waals surface area contributed by atoms with Gasteiger partial charge in [-0.05, 0) is 37.8 Å². The molecule has 1 atom stereocenters. The lowest BCUT2D eigenvalue weighted by molar-refractivity contribution is -0.130. The van der Waals surface area contributed by atoms with Crippen LogP contribution in [0, 0.1) is 0 Å². The minimum Gasteiger partial charge on any atom is -0.368 e. The molecule has 1 amide bonds. The van der Waals surface area contributed by atoms with Crippen molar-refractivity contribution in [2.75, 3.05) is 6.61 Å². The van der Waals surface area contributed by atoms with Gasteiger partial charge in [0.15, 0.2) is 0 Å². The zero-order chi connectivity index (χ0) is 16.9. The van der Waals surface area contributed by atoms with E-state index in [1.165, 1.54) is 0 Å². The summed E-state index contributed by atoms with van der Waals surface area (Å²) in [5.41, 5.74) is 1.64. The molecule has 23 heavy (non-hydrogen) atoms. The minimum atomic E-state index is -3.32. The molecule has 2 rings (SSSR count). The Hall–Kier alpha value is -1.44. The van der Waals surface area contributed by atoms with Crippen LogP contribution in [0.25, 0.3) is 0 Å². The third-order valence-corrected chi connectivity index (χ3v) is 5.03. The number of amides is 1. The molecule has 128 valence electrons. The zero-order valence-electron chi connectivity index (χ0n) is 13.5. The number of carbonyl (C=O) groups excluding carboxylic acids is 1. The van der Waals surface area contributed by atoms with E-state index in [4.69, 9.17) is 4.74 Å². The summed E-state index contributed by atoms with van der Waals surface area (Å²) in [6.45, 7) is 4.64. The Kier molecular flexibility index (Phi) is 6.15. The van der Waals surface area contributed by atoms with E-state index in [9.17, 15) is 13.2 Å². The van der Waals surface area contributed by atoms with Crippen LogP contribution in [0.5, 0.6) is 0 Å². The fourth-order valence-electron chi connectivity index (χ4n) is 2.46. The van der Waals surface area contributed by atoms with Crippen molar-refractivity contribution < 1.29 is 17.9 Å². The molecule has 0 aromatic heterocycles. The molecule has 1 aliphatic heterocycles. The Morgan fingerprint density at radius 1 is 1.26 bits per heavy atom. The van der Waals surface area contributed by atoms with Gasteiger partial charge in [0, 0.05) is 19.2 Å². The summed E-state index contributed by atoms with van der Waals surface area (Å²) < 4.78 is 31.6. The molecular formula is C16H24N2O4S. The summed E-state index contributed by atoms with van der Waals surface area (Å²) in [5.74, 6) is -0.136. The normalized spacial score (nSPS) is 18.3. The maximum absolute atomic E-state index is 11.9. The van der Waals surface area contributed by atoms with Crippen molar-refractivity contribution in [2.24, 2.45) is 0 Å². The van der Waals surface area contributed by atoms with E-state index in [0.29, 0.717) is 18.7 Å². The molecular weight excluding hydrogens is 316 g/mol. The number of nitrogens with one attached hydrogen (secondary N) is 2. The largest absolute Gasteiger partial charge is 0.368 e. The van der Waals surface area contributed by atoms with E-state index < -0.39 is 10.0 Å². The molecule has 0 saturated carbocycles. The minimum absolute atomic E-state index is 0.0479. The maximum atomic E-state index is 11.9. The van der Waals surface area contributed by atoms with E-state index in [2.05, 4.69) is 10.0 Å². The molecule has 0 aliphatic carbocycles. The van der Waals surface area contributed by atoms with Crippen LogP contribution in [0.4, 0.5) is 0 Å². The highest BCUT2D eigenvalue weighted by atomic mass is 32.2. The third-order valence-electron chi connectivity index (χ3n) is 3.48. The van der Waals surface area contributed by atoms with Crippen LogP contribution in [0.2, 0.25) is 0 Å². The second kappa shape index (κ2) is 7.90. The van der Waals surface area contributed by atoms with Crippen LogP contribution in [0.15, 0.2) is 24.3 Å². The Labute approximate surface area is 137 Å². The first-order valence-electron chi connectivity index (χ1n) is 7.83. The van der Waals surface area contributed by atoms with Gasteiger partial charge < -0.3 is 10.1 Å². The van der Waals surface area contributed by atoms with Gasteiger partial charge in [-0.2, -0.15) is 0 Å². The van der Waals surface area contributed by atoms with Gasteiger partial charge >= 0.3 is 0 Å². The number of hydrogen-bond acceptors (Lipinski definition) is 4. The molecule has 7 heteroatoms. The van der Waals surface area contributed by atoms with Crippen molar-refractivity contribution in [3.63, 3.8) is 0 Å². The highest BCUT2D eigenvalue weighted by molar-refractivity contribution is 7.88. The molecule has 1 unspecified atom stereocenters. The smallest absolute Gasteiger partial charge is 0.249 e. The van der Waals surface area contributed by atoms with Crippen LogP contribution in [-0.2, 0) is 31.9 Å². The first kappa shape index (κ1) is 17.9. The number of ether oxygens (including phenoxy) is 1. The standard InChI is InChI=1S/C16H24N2O4S/c1-12(2)18-23(20,21)11-14-7-5-13(6-8-14)10-17-16(19)15-4-3-9-22-15/h5-8,12,15,18H,3-4,9-11H2,1-2H3,(H,17,19). The first-order chi connectivity index (χ1) is 10.9. The summed E-state index contributed by atoms with van der Waals surface area (Å²) >= 11 is 0. The van der Waals surface area contributed by atoms with Crippen molar-refractivity contribution in [2.45, 2.75) is 51.1 Å². The molecule has 6 nitrogen and oxygen atoms in total. The maximum Gasteiger partial charge on any atom is 0.249 e. The molecule has 0 radical (unpaired) electrons. The van der Waals surface area contributed by atoms with E-state index >= 15 is 0 Å². The van der Waals surface area contributed by atoms with E-state index in [1.54, 1.807) is 26.0 Å². The van der Waals surface area contributed by atoms with Gasteiger partial charge in [0.1, 0.15) is 6.10 Å². The van der Waals surface area contributed by atoms with Crippen LogP contribution in [0.1, 0.15) is 37.8 Å². The van der Waals surface area contributed by atoms with Gasteiger partial charge in [-0.1, -0.05) is 24.3 Å². The van der Waals surface area contributed by atoms with Gasteiger partial charge in [-0.15, -0.1) is 0 Å². The molecule has 1 heterocycles. The van der Waals surface area contributed by atoms with Gasteiger partial charge in [-0.3, -0.25) is 4.79 Å². The lowest BCUT2D eigenvalue weighted by Crippen LogP contribution is -2.33. The summed E-state index contributed by atoms with van der Waals surface area (Å²) in [6, 6.07) is 7.08. The van der Waals surface area contributed by atoms with Crippen molar-refractivity contribution >= 4 is 15.9 Å². The van der Waals surface area contributed by atoms with E-state index in [-0.39, 0.29) is 23.8 Å². The van der Waals surface area contributed by atoms with Gasteiger partial charge in [0.2, 0.25) is 15.9 Å². The van der Waals surface area contributed by atoms with Gasteiger partial charge in [-0.25, -0.2) is 13.1 Å². The molecule has 1 fully saturated rings. The van der Waals surface area contributed by atoms with Crippen molar-refractivity contribution in [1.29, 1.82) is 0 Å². The Balaban J connectivity index is 1.85. The molecule has 2 N–H and O–H groups in total. The second-order valence-electron chi connectivity index (χ2n) is 6.07. The van der Waals surface area contributed by atoms with Gasteiger partial charge in [0.05, 0.1) is 5.75 Å². The molecule has 1 saturated heterocycles. The average Bonchev–Trinajstić information content (AvgIpc) is 2.98. The number of benzene rings is 1. The zero-order valence-corrected chi connectivity index (χ0v) is 14.4. The molecule has 0 spiro atoms. The van der Waals surface area contributed by atoms with Crippen LogP contribution in [0.3, 0.4) is 0 Å². The summed E-state index contributed by atoms with van der Waals surface area (Å²) in [7, 11) is -3.32. The monoisotopic (exact) mass is 340 g/mol. The second-order valence-corrected chi connectivity index (χ2v) is 7.82. The average molecular weight is 340 g/mol. The Morgan fingerprint density at radius 3 is 2.48 bits per heavy atom. The first-order valence-corrected chi connectivity index (χ1v) is 9.48. The van der Waals surface area contributed by atoms with E-state index in [0.717, 1.165) is 18.4 Å². The summed E-state index contributed by atoms with van der Waals surface area (Å²) in [6.07, 6.45) is 1.36. The van der Waals surface area contributed by atoms with Crippen molar-refractivity contribution in [3.05, 3.63) is 35.4 Å². The Bertz CT molecular complexity index is 620. The molecule has 0 bridgehead atoms. The third kappa shape index (κ3) is 5.93. The predicted octanol–water partition coefficient (Wildman–Crippen LogP) is 1.31. The lowest BCUT2D eigenvalue weighted by Gasteiger charge is -2.11. The lowest BCUT2D eigenvalue weighted by atomic mass is 10.1. The highest BCUT2D eigenvalue weighted by Gasteiger charge is 2.23. The van der Waals surface area contributed by atoms with Crippen LogP contribution >= 0.6 is 0 Å². The quantitative estimate of drug-likeness (QED) is 0.784. The van der Waals surface area contributed by atoms with Crippen LogP contribution < -0.4 is 10.0 Å². The van der Waals surface area contributed by atoms with Crippen molar-refractivity contribution in [3.8, 4) is 0 Å². The molecule has 1 aromatic rings. The fourth-order valence-corrected chi connectivity index (χ4v) is 3.89. The fraction of sp³-hybridized carbons (Fsp3) is 0.562. The summed E-state index contributed by atoms with van der Waals surface area (Å²) in [5, 5.41) is 2.84. The Morgan fingerprint density at radius 2 is 1.91 bits per heavy atom. The van der Waals surface area contributed by atoms with Crippen molar-refractivity contribution in [1.82, 2.24) is 10.0 Å². The number of sulfonamides is 1. The molecule has 1 aliphatic rings. The number of carbonyl (C=O) groups is 1. The number of rotatable bonds is 7. The highest BCUT2D eigenvalue weighted by Crippen LogP contribution is 2.12. The van der Waals surface area contributed by atoms with E-state index in [1.807, 2.05) is 12.1 Å².